The summed E-state index contributed by atoms with van der Waals surface area (Å²) in [5.74, 6) is -0.116. The van der Waals surface area contributed by atoms with Crippen molar-refractivity contribution in [1.29, 1.82) is 0 Å². The number of benzene rings is 2. The minimum atomic E-state index is -0.278. The quantitative estimate of drug-likeness (QED) is 0.557. The van der Waals surface area contributed by atoms with Crippen LogP contribution >= 0.6 is 0 Å². The predicted molar refractivity (Wildman–Crippen MR) is 126 cm³/mol. The molecule has 0 aromatic heterocycles. The molecule has 8 nitrogen and oxygen atoms in total. The van der Waals surface area contributed by atoms with Gasteiger partial charge in [0.05, 0.1) is 13.2 Å². The minimum absolute atomic E-state index is 0.116. The first kappa shape index (κ1) is 23.7. The maximum absolute atomic E-state index is 12.5. The number of carbonyl (C=O) groups is 2. The van der Waals surface area contributed by atoms with Crippen molar-refractivity contribution in [3.63, 3.8) is 0 Å². The Bertz CT molecular complexity index is 897. The molecule has 3 amide bonds. The third-order valence-electron chi connectivity index (χ3n) is 5.25. The van der Waals surface area contributed by atoms with Crippen LogP contribution in [0.1, 0.15) is 21.5 Å². The van der Waals surface area contributed by atoms with E-state index in [9.17, 15) is 9.59 Å². The fraction of sp³-hybridized carbons (Fsp3) is 0.417. The summed E-state index contributed by atoms with van der Waals surface area (Å²) in [6, 6.07) is 14.9. The first-order valence-electron chi connectivity index (χ1n) is 11.0. The SMILES string of the molecule is CN(C)CCNC(=O)c1cccc(CNC(=O)Nc2ccccc2CN2CCOCC2)c1. The molecule has 0 aliphatic carbocycles. The summed E-state index contributed by atoms with van der Waals surface area (Å²) in [5, 5.41) is 8.74. The number of urea groups is 1. The average Bonchev–Trinajstić information content (AvgIpc) is 2.79. The Morgan fingerprint density at radius 1 is 1.03 bits per heavy atom. The van der Waals surface area contributed by atoms with Crippen molar-refractivity contribution in [3.8, 4) is 0 Å². The van der Waals surface area contributed by atoms with Gasteiger partial charge in [0.25, 0.3) is 5.91 Å². The summed E-state index contributed by atoms with van der Waals surface area (Å²) in [6.07, 6.45) is 0. The van der Waals surface area contributed by atoms with Crippen LogP contribution in [-0.2, 0) is 17.8 Å². The van der Waals surface area contributed by atoms with E-state index in [-0.39, 0.29) is 11.9 Å². The number of hydrogen-bond donors (Lipinski definition) is 3. The lowest BCUT2D eigenvalue weighted by Gasteiger charge is -2.27. The van der Waals surface area contributed by atoms with E-state index in [1.165, 1.54) is 0 Å². The van der Waals surface area contributed by atoms with Crippen LogP contribution in [0.15, 0.2) is 48.5 Å². The van der Waals surface area contributed by atoms with E-state index < -0.39 is 0 Å². The first-order chi connectivity index (χ1) is 15.5. The standard InChI is InChI=1S/C24H33N5O3/c1-28(2)11-10-25-23(30)20-8-5-6-19(16-20)17-26-24(31)27-22-9-4-3-7-21(22)18-29-12-14-32-15-13-29/h3-9,16H,10-15,17-18H2,1-2H3,(H,25,30)(H2,26,27,31). The minimum Gasteiger partial charge on any atom is -0.379 e. The molecule has 1 aliphatic heterocycles. The number of rotatable bonds is 9. The van der Waals surface area contributed by atoms with Crippen molar-refractivity contribution in [3.05, 3.63) is 65.2 Å². The molecule has 0 bridgehead atoms. The average molecular weight is 440 g/mol. The molecular formula is C24H33N5O3. The highest BCUT2D eigenvalue weighted by molar-refractivity contribution is 5.94. The van der Waals surface area contributed by atoms with E-state index in [0.717, 1.165) is 56.2 Å². The Labute approximate surface area is 189 Å². The van der Waals surface area contributed by atoms with Crippen LogP contribution in [0.2, 0.25) is 0 Å². The van der Waals surface area contributed by atoms with Gasteiger partial charge in [0, 0.05) is 50.5 Å². The van der Waals surface area contributed by atoms with Gasteiger partial charge < -0.3 is 25.6 Å². The molecular weight excluding hydrogens is 406 g/mol. The summed E-state index contributed by atoms with van der Waals surface area (Å²) in [5.41, 5.74) is 3.31. The zero-order valence-corrected chi connectivity index (χ0v) is 18.9. The summed E-state index contributed by atoms with van der Waals surface area (Å²) in [7, 11) is 3.93. The number of likely N-dealkylation sites (N-methyl/N-ethyl adjacent to an activating group) is 1. The lowest BCUT2D eigenvalue weighted by atomic mass is 10.1. The van der Waals surface area contributed by atoms with E-state index in [2.05, 4.69) is 20.9 Å². The fourth-order valence-corrected chi connectivity index (χ4v) is 3.45. The number of carbonyl (C=O) groups excluding carboxylic acids is 2. The third kappa shape index (κ3) is 7.64. The molecule has 1 heterocycles. The molecule has 172 valence electrons. The number of hydrogen-bond acceptors (Lipinski definition) is 5. The Balaban J connectivity index is 1.51. The number of morpholine rings is 1. The monoisotopic (exact) mass is 439 g/mol. The molecule has 3 N–H and O–H groups in total. The van der Waals surface area contributed by atoms with Crippen LogP contribution in [0.25, 0.3) is 0 Å². The Kier molecular flexibility index (Phi) is 9.03. The van der Waals surface area contributed by atoms with Gasteiger partial charge in [0.15, 0.2) is 0 Å². The highest BCUT2D eigenvalue weighted by Crippen LogP contribution is 2.18. The lowest BCUT2D eigenvalue weighted by Crippen LogP contribution is -2.36. The zero-order valence-electron chi connectivity index (χ0n) is 18.9. The number of anilines is 1. The van der Waals surface area contributed by atoms with Crippen molar-refractivity contribution in [2.45, 2.75) is 13.1 Å². The van der Waals surface area contributed by atoms with Crippen LogP contribution in [-0.4, -0.2) is 75.2 Å². The van der Waals surface area contributed by atoms with E-state index in [4.69, 9.17) is 4.74 Å². The maximum Gasteiger partial charge on any atom is 0.319 e. The van der Waals surface area contributed by atoms with Gasteiger partial charge in [0.1, 0.15) is 0 Å². The van der Waals surface area contributed by atoms with E-state index in [1.807, 2.05) is 55.4 Å². The van der Waals surface area contributed by atoms with Crippen molar-refractivity contribution in [1.82, 2.24) is 20.4 Å². The van der Waals surface area contributed by atoms with Crippen LogP contribution in [0.4, 0.5) is 10.5 Å². The second kappa shape index (κ2) is 12.2. The van der Waals surface area contributed by atoms with Crippen LogP contribution in [0.3, 0.4) is 0 Å². The number of ether oxygens (including phenoxy) is 1. The number of nitrogens with one attached hydrogen (secondary N) is 3. The topological polar surface area (TPSA) is 85.9 Å². The molecule has 2 aromatic carbocycles. The van der Waals surface area contributed by atoms with E-state index in [1.54, 1.807) is 12.1 Å². The van der Waals surface area contributed by atoms with Crippen molar-refractivity contribution in [2.24, 2.45) is 0 Å². The third-order valence-corrected chi connectivity index (χ3v) is 5.25. The van der Waals surface area contributed by atoms with Gasteiger partial charge in [0.2, 0.25) is 0 Å². The van der Waals surface area contributed by atoms with E-state index >= 15 is 0 Å². The summed E-state index contributed by atoms with van der Waals surface area (Å²) >= 11 is 0. The summed E-state index contributed by atoms with van der Waals surface area (Å²) < 4.78 is 5.41. The van der Waals surface area contributed by atoms with Gasteiger partial charge in [-0.3, -0.25) is 9.69 Å². The molecule has 1 saturated heterocycles. The van der Waals surface area contributed by atoms with Gasteiger partial charge in [-0.1, -0.05) is 30.3 Å². The molecule has 0 saturated carbocycles. The van der Waals surface area contributed by atoms with Crippen LogP contribution in [0.5, 0.6) is 0 Å². The van der Waals surface area contributed by atoms with Crippen molar-refractivity contribution in [2.75, 3.05) is 58.8 Å². The Morgan fingerprint density at radius 2 is 1.81 bits per heavy atom. The second-order valence-electron chi connectivity index (χ2n) is 8.11. The largest absolute Gasteiger partial charge is 0.379 e. The molecule has 3 rings (SSSR count). The highest BCUT2D eigenvalue weighted by Gasteiger charge is 2.14. The van der Waals surface area contributed by atoms with E-state index in [0.29, 0.717) is 18.7 Å². The number of amides is 3. The molecule has 0 unspecified atom stereocenters. The van der Waals surface area contributed by atoms with Gasteiger partial charge in [-0.2, -0.15) is 0 Å². The number of nitrogens with zero attached hydrogens (tertiary/aromatic N) is 2. The number of para-hydroxylation sites is 1. The van der Waals surface area contributed by atoms with Crippen LogP contribution in [0, 0.1) is 0 Å². The summed E-state index contributed by atoms with van der Waals surface area (Å²) in [6.45, 7) is 5.71. The second-order valence-corrected chi connectivity index (χ2v) is 8.11. The molecule has 32 heavy (non-hydrogen) atoms. The lowest BCUT2D eigenvalue weighted by molar-refractivity contribution is 0.0343. The van der Waals surface area contributed by atoms with Gasteiger partial charge >= 0.3 is 6.03 Å². The molecule has 1 aliphatic rings. The molecule has 0 atom stereocenters. The van der Waals surface area contributed by atoms with Gasteiger partial charge in [-0.05, 0) is 43.4 Å². The molecule has 0 spiro atoms. The molecule has 8 heteroatoms. The molecule has 0 radical (unpaired) electrons. The summed E-state index contributed by atoms with van der Waals surface area (Å²) in [4.78, 5) is 29.2. The van der Waals surface area contributed by atoms with Gasteiger partial charge in [-0.25, -0.2) is 4.79 Å². The predicted octanol–water partition coefficient (Wildman–Crippen LogP) is 2.13. The Morgan fingerprint density at radius 3 is 2.59 bits per heavy atom. The normalized spacial score (nSPS) is 14.2. The Hall–Kier alpha value is -2.94. The van der Waals surface area contributed by atoms with Gasteiger partial charge in [-0.15, -0.1) is 0 Å². The zero-order chi connectivity index (χ0) is 22.8. The van der Waals surface area contributed by atoms with Crippen LogP contribution < -0.4 is 16.0 Å². The first-order valence-corrected chi connectivity index (χ1v) is 11.0. The van der Waals surface area contributed by atoms with Crippen molar-refractivity contribution >= 4 is 17.6 Å². The smallest absolute Gasteiger partial charge is 0.319 e. The fourth-order valence-electron chi connectivity index (χ4n) is 3.45. The molecule has 2 aromatic rings. The van der Waals surface area contributed by atoms with Crippen molar-refractivity contribution < 1.29 is 14.3 Å². The highest BCUT2D eigenvalue weighted by atomic mass is 16.5. The maximum atomic E-state index is 12.5. The molecule has 1 fully saturated rings.